The van der Waals surface area contributed by atoms with Crippen LogP contribution < -0.4 is 5.32 Å². The van der Waals surface area contributed by atoms with E-state index in [4.69, 9.17) is 0 Å². The first kappa shape index (κ1) is 19.4. The Hall–Kier alpha value is -2.92. The van der Waals surface area contributed by atoms with Crippen molar-refractivity contribution in [2.45, 2.75) is 32.9 Å². The van der Waals surface area contributed by atoms with Gasteiger partial charge in [-0.2, -0.15) is 5.10 Å². The highest BCUT2D eigenvalue weighted by atomic mass is 16.1. The quantitative estimate of drug-likeness (QED) is 0.664. The summed E-state index contributed by atoms with van der Waals surface area (Å²) in [5.41, 5.74) is 4.73. The number of carbonyl (C=O) groups excluding carboxylic acids is 1. The van der Waals surface area contributed by atoms with Crippen molar-refractivity contribution in [3.8, 4) is 11.3 Å². The zero-order valence-electron chi connectivity index (χ0n) is 16.9. The molecule has 2 heterocycles. The highest BCUT2D eigenvalue weighted by molar-refractivity contribution is 5.99. The Morgan fingerprint density at radius 1 is 1.14 bits per heavy atom. The van der Waals surface area contributed by atoms with Crippen LogP contribution in [0.25, 0.3) is 11.3 Å². The molecule has 0 spiro atoms. The molecule has 5 heteroatoms. The Bertz CT molecular complexity index is 950. The molecule has 1 atom stereocenters. The van der Waals surface area contributed by atoms with Crippen LogP contribution in [-0.4, -0.2) is 34.1 Å². The minimum absolute atomic E-state index is 0.112. The molecule has 0 bridgehead atoms. The highest BCUT2D eigenvalue weighted by Gasteiger charge is 2.18. The molecule has 1 aliphatic heterocycles. The molecule has 1 aromatic heterocycles. The first-order valence-corrected chi connectivity index (χ1v) is 10.4. The second-order valence-electron chi connectivity index (χ2n) is 7.96. The van der Waals surface area contributed by atoms with Gasteiger partial charge in [-0.25, -0.2) is 0 Å². The van der Waals surface area contributed by atoms with Crippen LogP contribution in [0.2, 0.25) is 0 Å². The zero-order chi connectivity index (χ0) is 20.1. The van der Waals surface area contributed by atoms with Crippen LogP contribution in [0.15, 0.2) is 60.8 Å². The van der Waals surface area contributed by atoms with Gasteiger partial charge in [0.05, 0.1) is 17.5 Å². The van der Waals surface area contributed by atoms with Gasteiger partial charge in [0, 0.05) is 25.2 Å². The van der Waals surface area contributed by atoms with Gasteiger partial charge in [-0.15, -0.1) is 0 Å². The topological polar surface area (TPSA) is 61.0 Å². The van der Waals surface area contributed by atoms with Crippen molar-refractivity contribution in [3.05, 3.63) is 77.5 Å². The normalized spacial score (nSPS) is 17.2. The zero-order valence-corrected chi connectivity index (χ0v) is 16.9. The van der Waals surface area contributed by atoms with Crippen molar-refractivity contribution in [3.63, 3.8) is 0 Å². The molecule has 1 unspecified atom stereocenters. The van der Waals surface area contributed by atoms with Gasteiger partial charge in [0.2, 0.25) is 0 Å². The average molecular weight is 389 g/mol. The molecular weight excluding hydrogens is 360 g/mol. The number of aromatic amines is 1. The van der Waals surface area contributed by atoms with Crippen LogP contribution in [0.5, 0.6) is 0 Å². The van der Waals surface area contributed by atoms with E-state index < -0.39 is 0 Å². The van der Waals surface area contributed by atoms with Crippen LogP contribution in [0.1, 0.15) is 41.3 Å². The SMILES string of the molecule is CC1CCCN(Cc2ccccc2CNC(=O)c2cn[nH]c2-c2ccccc2)C1. The molecule has 150 valence electrons. The lowest BCUT2D eigenvalue weighted by molar-refractivity contribution is 0.0951. The van der Waals surface area contributed by atoms with Crippen molar-refractivity contribution in [2.24, 2.45) is 5.92 Å². The van der Waals surface area contributed by atoms with Crippen molar-refractivity contribution >= 4 is 5.91 Å². The first-order valence-electron chi connectivity index (χ1n) is 10.4. The molecule has 3 aromatic rings. The number of hydrogen-bond donors (Lipinski definition) is 2. The molecule has 0 radical (unpaired) electrons. The van der Waals surface area contributed by atoms with Gasteiger partial charge < -0.3 is 5.32 Å². The fourth-order valence-electron chi connectivity index (χ4n) is 4.11. The first-order chi connectivity index (χ1) is 14.2. The Kier molecular flexibility index (Phi) is 6.06. The van der Waals surface area contributed by atoms with Crippen LogP contribution >= 0.6 is 0 Å². The lowest BCUT2D eigenvalue weighted by atomic mass is 9.99. The molecule has 1 amide bonds. The Balaban J connectivity index is 1.44. The van der Waals surface area contributed by atoms with Gasteiger partial charge in [0.25, 0.3) is 5.91 Å². The average Bonchev–Trinajstić information content (AvgIpc) is 3.24. The number of piperidine rings is 1. The van der Waals surface area contributed by atoms with Crippen molar-refractivity contribution in [1.82, 2.24) is 20.4 Å². The smallest absolute Gasteiger partial charge is 0.255 e. The molecule has 5 nitrogen and oxygen atoms in total. The predicted molar refractivity (Wildman–Crippen MR) is 115 cm³/mol. The van der Waals surface area contributed by atoms with Crippen molar-refractivity contribution < 1.29 is 4.79 Å². The Labute approximate surface area is 172 Å². The van der Waals surface area contributed by atoms with Gasteiger partial charge >= 0.3 is 0 Å². The van der Waals surface area contributed by atoms with E-state index in [1.165, 1.54) is 24.0 Å². The number of nitrogens with zero attached hydrogens (tertiary/aromatic N) is 2. The second kappa shape index (κ2) is 9.05. The van der Waals surface area contributed by atoms with Crippen LogP contribution in [0.3, 0.4) is 0 Å². The molecule has 1 saturated heterocycles. The molecule has 4 rings (SSSR count). The van der Waals surface area contributed by atoms with E-state index in [9.17, 15) is 4.79 Å². The maximum atomic E-state index is 12.8. The minimum atomic E-state index is -0.112. The van der Waals surface area contributed by atoms with Gasteiger partial charge in [0.15, 0.2) is 0 Å². The van der Waals surface area contributed by atoms with E-state index in [0.717, 1.165) is 36.8 Å². The highest BCUT2D eigenvalue weighted by Crippen LogP contribution is 2.22. The second-order valence-corrected chi connectivity index (χ2v) is 7.96. The number of H-pyrrole nitrogens is 1. The summed E-state index contributed by atoms with van der Waals surface area (Å²) in [7, 11) is 0. The van der Waals surface area contributed by atoms with Crippen LogP contribution in [-0.2, 0) is 13.1 Å². The van der Waals surface area contributed by atoms with E-state index >= 15 is 0 Å². The number of nitrogens with one attached hydrogen (secondary N) is 2. The van der Waals surface area contributed by atoms with E-state index in [1.54, 1.807) is 6.20 Å². The number of likely N-dealkylation sites (tertiary alicyclic amines) is 1. The Morgan fingerprint density at radius 3 is 2.69 bits per heavy atom. The van der Waals surface area contributed by atoms with Gasteiger partial charge in [-0.3, -0.25) is 14.8 Å². The van der Waals surface area contributed by atoms with E-state index in [1.807, 2.05) is 36.4 Å². The third kappa shape index (κ3) is 4.74. The molecular formula is C24H28N4O. The molecule has 29 heavy (non-hydrogen) atoms. The van der Waals surface area contributed by atoms with Crippen LogP contribution in [0.4, 0.5) is 0 Å². The summed E-state index contributed by atoms with van der Waals surface area (Å²) in [6.07, 6.45) is 4.18. The lowest BCUT2D eigenvalue weighted by Crippen LogP contribution is -2.34. The number of aromatic nitrogens is 2. The number of amides is 1. The maximum absolute atomic E-state index is 12.8. The largest absolute Gasteiger partial charge is 0.348 e. The fraction of sp³-hybridized carbons (Fsp3) is 0.333. The molecule has 1 fully saturated rings. The molecule has 2 N–H and O–H groups in total. The van der Waals surface area contributed by atoms with Gasteiger partial charge in [-0.05, 0) is 36.4 Å². The number of benzene rings is 2. The summed E-state index contributed by atoms with van der Waals surface area (Å²) < 4.78 is 0. The third-order valence-electron chi connectivity index (χ3n) is 5.64. The molecule has 2 aromatic carbocycles. The summed E-state index contributed by atoms with van der Waals surface area (Å²) in [6, 6.07) is 18.2. The third-order valence-corrected chi connectivity index (χ3v) is 5.64. The Morgan fingerprint density at radius 2 is 1.90 bits per heavy atom. The summed E-state index contributed by atoms with van der Waals surface area (Å²) >= 11 is 0. The van der Waals surface area contributed by atoms with Gasteiger partial charge in [0.1, 0.15) is 0 Å². The monoisotopic (exact) mass is 388 g/mol. The van der Waals surface area contributed by atoms with Crippen molar-refractivity contribution in [1.29, 1.82) is 0 Å². The number of carbonyl (C=O) groups is 1. The summed E-state index contributed by atoms with van der Waals surface area (Å²) in [5, 5.41) is 10.1. The standard InChI is InChI=1S/C24H28N4O/c1-18-8-7-13-28(16-18)17-21-12-6-5-11-20(21)14-25-24(29)22-15-26-27-23(22)19-9-3-2-4-10-19/h2-6,9-12,15,18H,7-8,13-14,16-17H2,1H3,(H,25,29)(H,26,27). The van der Waals surface area contributed by atoms with Gasteiger partial charge in [-0.1, -0.05) is 61.5 Å². The minimum Gasteiger partial charge on any atom is -0.348 e. The maximum Gasteiger partial charge on any atom is 0.255 e. The summed E-state index contributed by atoms with van der Waals surface area (Å²) in [5.74, 6) is 0.645. The molecule has 0 saturated carbocycles. The number of rotatable bonds is 6. The fourth-order valence-corrected chi connectivity index (χ4v) is 4.11. The van der Waals surface area contributed by atoms with E-state index in [2.05, 4.69) is 45.5 Å². The molecule has 0 aliphatic carbocycles. The van der Waals surface area contributed by atoms with Crippen LogP contribution in [0, 0.1) is 5.92 Å². The molecule has 1 aliphatic rings. The van der Waals surface area contributed by atoms with Crippen molar-refractivity contribution in [2.75, 3.05) is 13.1 Å². The summed E-state index contributed by atoms with van der Waals surface area (Å²) in [6.45, 7) is 6.08. The number of hydrogen-bond acceptors (Lipinski definition) is 3. The van der Waals surface area contributed by atoms with E-state index in [-0.39, 0.29) is 5.91 Å². The summed E-state index contributed by atoms with van der Waals surface area (Å²) in [4.78, 5) is 15.4. The van der Waals surface area contributed by atoms with E-state index in [0.29, 0.717) is 12.1 Å². The predicted octanol–water partition coefficient (Wildman–Crippen LogP) is 4.24. The lowest BCUT2D eigenvalue weighted by Gasteiger charge is -2.31.